The van der Waals surface area contributed by atoms with Crippen LogP contribution in [0.1, 0.15) is 46.6 Å². The van der Waals surface area contributed by atoms with Gasteiger partial charge in [-0.05, 0) is 32.8 Å². The van der Waals surface area contributed by atoms with E-state index >= 15 is 0 Å². The average Bonchev–Trinajstić information content (AvgIpc) is 3.10. The van der Waals surface area contributed by atoms with Crippen molar-refractivity contribution in [2.24, 2.45) is 0 Å². The summed E-state index contributed by atoms with van der Waals surface area (Å²) in [6, 6.07) is 1.73. The number of rotatable bonds is 2. The highest BCUT2D eigenvalue weighted by Crippen LogP contribution is 2.23. The van der Waals surface area contributed by atoms with Gasteiger partial charge in [0.25, 0.3) is 5.91 Å². The number of nitrogens with one attached hydrogen (secondary N) is 1. The van der Waals surface area contributed by atoms with Crippen molar-refractivity contribution in [2.45, 2.75) is 39.3 Å². The van der Waals surface area contributed by atoms with Gasteiger partial charge in [0.2, 0.25) is 0 Å². The van der Waals surface area contributed by atoms with E-state index in [0.29, 0.717) is 11.2 Å². The minimum absolute atomic E-state index is 0.128. The van der Waals surface area contributed by atoms with E-state index in [9.17, 15) is 4.79 Å². The normalized spacial score (nSPS) is 17.2. The van der Waals surface area contributed by atoms with Gasteiger partial charge in [-0.2, -0.15) is 10.2 Å². The second-order valence-corrected chi connectivity index (χ2v) is 5.80. The summed E-state index contributed by atoms with van der Waals surface area (Å²) in [7, 11) is 0. The Balaban J connectivity index is 1.64. The maximum Gasteiger partial charge on any atom is 0.257 e. The van der Waals surface area contributed by atoms with Gasteiger partial charge in [-0.25, -0.2) is 19.2 Å². The van der Waals surface area contributed by atoms with Crippen LogP contribution < -0.4 is 5.32 Å². The van der Waals surface area contributed by atoms with Crippen molar-refractivity contribution in [1.82, 2.24) is 34.7 Å². The molecule has 0 saturated carbocycles. The zero-order valence-corrected chi connectivity index (χ0v) is 13.0. The summed E-state index contributed by atoms with van der Waals surface area (Å²) in [5, 5.41) is 11.6. The molecule has 0 bridgehead atoms. The van der Waals surface area contributed by atoms with E-state index in [1.54, 1.807) is 16.9 Å². The molecule has 0 spiro atoms. The third-order valence-electron chi connectivity index (χ3n) is 4.04. The predicted molar refractivity (Wildman–Crippen MR) is 81.9 cm³/mol. The number of aryl methyl sites for hydroxylation is 3. The molecule has 4 rings (SSSR count). The number of fused-ring (bicyclic) bond motifs is 2. The Morgan fingerprint density at radius 2 is 2.22 bits per heavy atom. The van der Waals surface area contributed by atoms with E-state index in [-0.39, 0.29) is 11.9 Å². The first-order valence-electron chi connectivity index (χ1n) is 7.65. The summed E-state index contributed by atoms with van der Waals surface area (Å²) in [5.41, 5.74) is 1.89. The molecular formula is C15H17N7O. The Kier molecular flexibility index (Phi) is 3.10. The Morgan fingerprint density at radius 1 is 1.35 bits per heavy atom. The van der Waals surface area contributed by atoms with Gasteiger partial charge in [-0.15, -0.1) is 0 Å². The molecule has 1 amide bonds. The van der Waals surface area contributed by atoms with Crippen molar-refractivity contribution in [3.05, 3.63) is 41.4 Å². The summed E-state index contributed by atoms with van der Waals surface area (Å²) in [6.07, 6.45) is 5.17. The lowest BCUT2D eigenvalue weighted by Gasteiger charge is -2.22. The number of carbonyl (C=O) groups is 1. The van der Waals surface area contributed by atoms with Gasteiger partial charge >= 0.3 is 0 Å². The molecule has 4 heterocycles. The van der Waals surface area contributed by atoms with E-state index in [0.717, 1.165) is 36.7 Å². The second kappa shape index (κ2) is 5.15. The van der Waals surface area contributed by atoms with Gasteiger partial charge in [-0.3, -0.25) is 4.79 Å². The van der Waals surface area contributed by atoms with Crippen LogP contribution in [0, 0.1) is 13.8 Å². The highest BCUT2D eigenvalue weighted by molar-refractivity contribution is 5.99. The molecule has 118 valence electrons. The number of amides is 1. The average molecular weight is 311 g/mol. The van der Waals surface area contributed by atoms with Gasteiger partial charge < -0.3 is 5.32 Å². The molecule has 1 unspecified atom stereocenters. The molecule has 0 aliphatic carbocycles. The summed E-state index contributed by atoms with van der Waals surface area (Å²) in [4.78, 5) is 21.5. The van der Waals surface area contributed by atoms with Crippen molar-refractivity contribution >= 4 is 11.6 Å². The van der Waals surface area contributed by atoms with Crippen LogP contribution in [0.5, 0.6) is 0 Å². The van der Waals surface area contributed by atoms with Gasteiger partial charge in [0.1, 0.15) is 17.2 Å². The third kappa shape index (κ3) is 2.36. The molecular weight excluding hydrogens is 294 g/mol. The maximum atomic E-state index is 12.7. The number of aromatic nitrogens is 6. The fourth-order valence-electron chi connectivity index (χ4n) is 2.96. The van der Waals surface area contributed by atoms with Crippen LogP contribution in [-0.4, -0.2) is 35.3 Å². The monoisotopic (exact) mass is 311 g/mol. The molecule has 0 fully saturated rings. The number of hydrogen-bond donors (Lipinski definition) is 1. The summed E-state index contributed by atoms with van der Waals surface area (Å²) >= 11 is 0. The Hall–Kier alpha value is -2.77. The molecule has 1 aliphatic heterocycles. The largest absolute Gasteiger partial charge is 0.342 e. The third-order valence-corrected chi connectivity index (χ3v) is 4.04. The van der Waals surface area contributed by atoms with Crippen LogP contribution >= 0.6 is 0 Å². The van der Waals surface area contributed by atoms with E-state index in [2.05, 4.69) is 25.5 Å². The van der Waals surface area contributed by atoms with Crippen molar-refractivity contribution in [2.75, 3.05) is 0 Å². The van der Waals surface area contributed by atoms with Crippen LogP contribution in [0.3, 0.4) is 0 Å². The van der Waals surface area contributed by atoms with Gasteiger partial charge in [0.05, 0.1) is 12.2 Å². The van der Waals surface area contributed by atoms with E-state index in [1.165, 1.54) is 0 Å². The van der Waals surface area contributed by atoms with Crippen molar-refractivity contribution < 1.29 is 4.79 Å². The molecule has 3 aromatic rings. The van der Waals surface area contributed by atoms with Gasteiger partial charge in [0, 0.05) is 18.4 Å². The molecule has 0 aromatic carbocycles. The predicted octanol–water partition coefficient (Wildman–Crippen LogP) is 1.20. The van der Waals surface area contributed by atoms with Gasteiger partial charge in [-0.1, -0.05) is 0 Å². The standard InChI is InChI=1S/C15H17N7O/c1-9-5-7-21-13(17-9)11(8-16-21)15(23)19-12-4-3-6-22-14(12)18-10(2)20-22/h5,7-8,12H,3-4,6H2,1-2H3,(H,19,23). The lowest BCUT2D eigenvalue weighted by atomic mass is 10.1. The lowest BCUT2D eigenvalue weighted by molar-refractivity contribution is 0.0928. The van der Waals surface area contributed by atoms with Crippen LogP contribution in [0.25, 0.3) is 5.65 Å². The van der Waals surface area contributed by atoms with E-state index < -0.39 is 0 Å². The summed E-state index contributed by atoms with van der Waals surface area (Å²) in [6.45, 7) is 4.60. The summed E-state index contributed by atoms with van der Waals surface area (Å²) < 4.78 is 3.48. The molecule has 8 nitrogen and oxygen atoms in total. The van der Waals surface area contributed by atoms with Crippen LogP contribution in [0.4, 0.5) is 0 Å². The smallest absolute Gasteiger partial charge is 0.257 e. The number of hydrogen-bond acceptors (Lipinski definition) is 5. The molecule has 3 aromatic heterocycles. The second-order valence-electron chi connectivity index (χ2n) is 5.80. The Bertz CT molecular complexity index is 895. The fourth-order valence-corrected chi connectivity index (χ4v) is 2.96. The molecule has 8 heteroatoms. The number of nitrogens with zero attached hydrogens (tertiary/aromatic N) is 6. The highest BCUT2D eigenvalue weighted by atomic mass is 16.1. The first kappa shape index (κ1) is 13.9. The minimum Gasteiger partial charge on any atom is -0.342 e. The first-order valence-corrected chi connectivity index (χ1v) is 7.65. The topological polar surface area (TPSA) is 90.0 Å². The van der Waals surface area contributed by atoms with Crippen molar-refractivity contribution in [1.29, 1.82) is 0 Å². The molecule has 0 saturated heterocycles. The summed E-state index contributed by atoms with van der Waals surface area (Å²) in [5.74, 6) is 1.37. The van der Waals surface area contributed by atoms with Crippen molar-refractivity contribution in [3.8, 4) is 0 Å². The van der Waals surface area contributed by atoms with Crippen molar-refractivity contribution in [3.63, 3.8) is 0 Å². The lowest BCUT2D eigenvalue weighted by Crippen LogP contribution is -2.33. The zero-order chi connectivity index (χ0) is 16.0. The number of carbonyl (C=O) groups excluding carboxylic acids is 1. The quantitative estimate of drug-likeness (QED) is 0.768. The minimum atomic E-state index is -0.183. The maximum absolute atomic E-state index is 12.7. The van der Waals surface area contributed by atoms with Crippen LogP contribution in [0.2, 0.25) is 0 Å². The molecule has 0 radical (unpaired) electrons. The van der Waals surface area contributed by atoms with Gasteiger partial charge in [0.15, 0.2) is 5.65 Å². The molecule has 1 aliphatic rings. The highest BCUT2D eigenvalue weighted by Gasteiger charge is 2.26. The van der Waals surface area contributed by atoms with Crippen LogP contribution in [0.15, 0.2) is 18.5 Å². The van der Waals surface area contributed by atoms with Crippen LogP contribution in [-0.2, 0) is 6.54 Å². The first-order chi connectivity index (χ1) is 11.1. The molecule has 1 N–H and O–H groups in total. The van der Waals surface area contributed by atoms with E-state index in [1.807, 2.05) is 24.6 Å². The van der Waals surface area contributed by atoms with E-state index in [4.69, 9.17) is 0 Å². The SMILES string of the molecule is Cc1ccn2ncc(C(=O)NC3CCCn4nc(C)nc43)c2n1. The fraction of sp³-hybridized carbons (Fsp3) is 0.400. The Labute approximate surface area is 132 Å². The molecule has 1 atom stereocenters. The molecule has 23 heavy (non-hydrogen) atoms. The Morgan fingerprint density at radius 3 is 3.09 bits per heavy atom. The zero-order valence-electron chi connectivity index (χ0n) is 13.0.